The van der Waals surface area contributed by atoms with Crippen LogP contribution in [0.1, 0.15) is 44.2 Å². The summed E-state index contributed by atoms with van der Waals surface area (Å²) < 4.78 is 5.41. The summed E-state index contributed by atoms with van der Waals surface area (Å²) in [5.41, 5.74) is 9.44. The van der Waals surface area contributed by atoms with Crippen LogP contribution in [-0.4, -0.2) is 47.5 Å². The van der Waals surface area contributed by atoms with E-state index in [4.69, 9.17) is 15.3 Å². The summed E-state index contributed by atoms with van der Waals surface area (Å²) in [5, 5.41) is 2.55. The molecule has 2 aliphatic rings. The predicted octanol–water partition coefficient (Wildman–Crippen LogP) is 2.52. The summed E-state index contributed by atoms with van der Waals surface area (Å²) in [5.74, 6) is -4.04. The van der Waals surface area contributed by atoms with Crippen LogP contribution in [0.2, 0.25) is 0 Å². The molecule has 186 valence electrons. The Morgan fingerprint density at radius 1 is 0.811 bits per heavy atom. The molecule has 3 N–H and O–H groups in total. The first-order chi connectivity index (χ1) is 17.8. The molecule has 0 bridgehead atoms. The van der Waals surface area contributed by atoms with Crippen molar-refractivity contribution >= 4 is 29.8 Å². The van der Waals surface area contributed by atoms with Crippen LogP contribution >= 0.6 is 0 Å². The van der Waals surface area contributed by atoms with Crippen molar-refractivity contribution < 1.29 is 33.5 Å². The minimum Gasteiger partial charge on any atom is -0.449 e. The lowest BCUT2D eigenvalue weighted by atomic mass is 9.98. The Morgan fingerprint density at radius 3 is 1.81 bits per heavy atom. The summed E-state index contributed by atoms with van der Waals surface area (Å²) in [4.78, 5) is 66.9. The van der Waals surface area contributed by atoms with Crippen LogP contribution in [0, 0.1) is 0 Å². The summed E-state index contributed by atoms with van der Waals surface area (Å²) >= 11 is 0. The molecule has 0 saturated heterocycles. The van der Waals surface area contributed by atoms with Crippen LogP contribution in [0.25, 0.3) is 11.1 Å². The molecule has 3 aromatic rings. The van der Waals surface area contributed by atoms with E-state index in [1.54, 1.807) is 12.1 Å². The van der Waals surface area contributed by atoms with Gasteiger partial charge in [0, 0.05) is 5.92 Å². The number of nitrogens with zero attached hydrogens (tertiary/aromatic N) is 1. The van der Waals surface area contributed by atoms with Crippen molar-refractivity contribution in [1.29, 1.82) is 0 Å². The molecule has 0 unspecified atom stereocenters. The maximum Gasteiger partial charge on any atom is 0.407 e. The fourth-order valence-corrected chi connectivity index (χ4v) is 4.58. The number of hydroxylamine groups is 2. The number of carbonyl (C=O) groups excluding carboxylic acids is 5. The molecular weight excluding hydrogens is 478 g/mol. The Hall–Kier alpha value is -4.99. The second kappa shape index (κ2) is 9.57. The van der Waals surface area contributed by atoms with Gasteiger partial charge in [0.25, 0.3) is 11.8 Å². The van der Waals surface area contributed by atoms with Crippen molar-refractivity contribution in [3.8, 4) is 11.1 Å². The molecule has 3 aromatic carbocycles. The van der Waals surface area contributed by atoms with Gasteiger partial charge >= 0.3 is 12.1 Å². The number of amides is 4. The number of nitrogens with one attached hydrogen (secondary N) is 1. The van der Waals surface area contributed by atoms with Crippen molar-refractivity contribution in [2.24, 2.45) is 5.73 Å². The van der Waals surface area contributed by atoms with Gasteiger partial charge < -0.3 is 20.6 Å². The average molecular weight is 499 g/mol. The number of alkyl carbamates (subject to hydrolysis) is 1. The van der Waals surface area contributed by atoms with Crippen molar-refractivity contribution in [3.63, 3.8) is 0 Å². The molecule has 0 aromatic heterocycles. The minimum atomic E-state index is -1.59. The van der Waals surface area contributed by atoms with Gasteiger partial charge in [0.15, 0.2) is 0 Å². The SMILES string of the molecule is NC(=O)C[C@@H](NC(=O)OCC1c2ccccc2-c2ccccc21)C(=O)ON1C(=O)c2ccccc2C1=O. The van der Waals surface area contributed by atoms with E-state index in [-0.39, 0.29) is 23.7 Å². The van der Waals surface area contributed by atoms with E-state index in [1.165, 1.54) is 12.1 Å². The maximum absolute atomic E-state index is 12.8. The first-order valence-electron chi connectivity index (χ1n) is 11.4. The molecule has 1 heterocycles. The third kappa shape index (κ3) is 4.40. The van der Waals surface area contributed by atoms with Gasteiger partial charge in [0.2, 0.25) is 5.91 Å². The minimum absolute atomic E-state index is 0.0311. The van der Waals surface area contributed by atoms with Crippen LogP contribution in [0.15, 0.2) is 72.8 Å². The molecule has 0 saturated carbocycles. The zero-order chi connectivity index (χ0) is 26.1. The lowest BCUT2D eigenvalue weighted by Crippen LogP contribution is -2.47. The summed E-state index contributed by atoms with van der Waals surface area (Å²) in [6.45, 7) is -0.0311. The molecule has 1 aliphatic carbocycles. The highest BCUT2D eigenvalue weighted by Gasteiger charge is 2.40. The van der Waals surface area contributed by atoms with Gasteiger partial charge in [-0.3, -0.25) is 14.4 Å². The number of benzene rings is 3. The van der Waals surface area contributed by atoms with E-state index >= 15 is 0 Å². The zero-order valence-electron chi connectivity index (χ0n) is 19.4. The van der Waals surface area contributed by atoms with Crippen molar-refractivity contribution in [1.82, 2.24) is 10.4 Å². The number of imide groups is 1. The van der Waals surface area contributed by atoms with Crippen molar-refractivity contribution in [2.75, 3.05) is 6.61 Å². The van der Waals surface area contributed by atoms with E-state index in [1.807, 2.05) is 48.5 Å². The van der Waals surface area contributed by atoms with E-state index in [0.717, 1.165) is 22.3 Å². The number of carbonyl (C=O) groups is 5. The lowest BCUT2D eigenvalue weighted by molar-refractivity contribution is -0.171. The molecule has 0 spiro atoms. The molecule has 1 aliphatic heterocycles. The van der Waals surface area contributed by atoms with Gasteiger partial charge in [-0.05, 0) is 34.4 Å². The number of hydrogen-bond acceptors (Lipinski definition) is 7. The van der Waals surface area contributed by atoms with Crippen LogP contribution in [0.4, 0.5) is 4.79 Å². The molecule has 0 radical (unpaired) electrons. The van der Waals surface area contributed by atoms with Gasteiger partial charge in [-0.1, -0.05) is 65.7 Å². The molecule has 37 heavy (non-hydrogen) atoms. The summed E-state index contributed by atoms with van der Waals surface area (Å²) in [6.07, 6.45) is -1.63. The fraction of sp³-hybridized carbons (Fsp3) is 0.148. The molecule has 4 amide bonds. The van der Waals surface area contributed by atoms with E-state index < -0.39 is 42.2 Å². The topological polar surface area (TPSA) is 145 Å². The Kier molecular flexibility index (Phi) is 6.14. The van der Waals surface area contributed by atoms with Gasteiger partial charge in [0.1, 0.15) is 12.6 Å². The molecule has 10 nitrogen and oxygen atoms in total. The lowest BCUT2D eigenvalue weighted by Gasteiger charge is -2.20. The second-order valence-corrected chi connectivity index (χ2v) is 8.55. The molecular formula is C27H21N3O7. The molecule has 1 atom stereocenters. The predicted molar refractivity (Wildman–Crippen MR) is 129 cm³/mol. The Labute approximate surface area is 210 Å². The molecule has 0 fully saturated rings. The number of primary amides is 1. The smallest absolute Gasteiger partial charge is 0.407 e. The Bertz CT molecular complexity index is 1370. The number of rotatable bonds is 7. The number of nitrogens with two attached hydrogens (primary N) is 1. The van der Waals surface area contributed by atoms with E-state index in [9.17, 15) is 24.0 Å². The van der Waals surface area contributed by atoms with E-state index in [0.29, 0.717) is 5.06 Å². The number of fused-ring (bicyclic) bond motifs is 4. The Balaban J connectivity index is 1.26. The van der Waals surface area contributed by atoms with Gasteiger partial charge in [-0.2, -0.15) is 0 Å². The average Bonchev–Trinajstić information content (AvgIpc) is 3.34. The number of ether oxygens (including phenoxy) is 1. The van der Waals surface area contributed by atoms with Crippen molar-refractivity contribution in [2.45, 2.75) is 18.4 Å². The van der Waals surface area contributed by atoms with Gasteiger partial charge in [0.05, 0.1) is 17.5 Å². The Morgan fingerprint density at radius 2 is 1.30 bits per heavy atom. The monoisotopic (exact) mass is 499 g/mol. The highest BCUT2D eigenvalue weighted by atomic mass is 16.7. The summed E-state index contributed by atoms with van der Waals surface area (Å²) in [6, 6.07) is 19.9. The summed E-state index contributed by atoms with van der Waals surface area (Å²) in [7, 11) is 0. The van der Waals surface area contributed by atoms with Crippen LogP contribution in [-0.2, 0) is 19.2 Å². The number of hydrogen-bond donors (Lipinski definition) is 2. The quantitative estimate of drug-likeness (QED) is 0.475. The van der Waals surface area contributed by atoms with Crippen LogP contribution < -0.4 is 11.1 Å². The van der Waals surface area contributed by atoms with Crippen LogP contribution in [0.3, 0.4) is 0 Å². The highest BCUT2D eigenvalue weighted by Crippen LogP contribution is 2.44. The molecule has 5 rings (SSSR count). The first-order valence-corrected chi connectivity index (χ1v) is 11.4. The normalized spacial score (nSPS) is 14.4. The maximum atomic E-state index is 12.8. The fourth-order valence-electron chi connectivity index (χ4n) is 4.58. The van der Waals surface area contributed by atoms with E-state index in [2.05, 4.69) is 5.32 Å². The highest BCUT2D eigenvalue weighted by molar-refractivity contribution is 6.21. The second-order valence-electron chi connectivity index (χ2n) is 8.55. The third-order valence-electron chi connectivity index (χ3n) is 6.26. The van der Waals surface area contributed by atoms with Crippen molar-refractivity contribution in [3.05, 3.63) is 95.1 Å². The zero-order valence-corrected chi connectivity index (χ0v) is 19.4. The molecule has 10 heteroatoms. The standard InChI is InChI=1S/C27H21N3O7/c28-23(31)13-22(26(34)37-30-24(32)19-11-5-6-12-20(19)25(30)33)29-27(35)36-14-21-17-9-3-1-7-15(17)16-8-2-4-10-18(16)21/h1-12,21-22H,13-14H2,(H2,28,31)(H,29,35)/t22-/m1/s1. The van der Waals surface area contributed by atoms with Crippen LogP contribution in [0.5, 0.6) is 0 Å². The third-order valence-corrected chi connectivity index (χ3v) is 6.26. The van der Waals surface area contributed by atoms with Gasteiger partial charge in [-0.25, -0.2) is 9.59 Å². The largest absolute Gasteiger partial charge is 0.449 e. The first kappa shape index (κ1) is 23.7. The van der Waals surface area contributed by atoms with Gasteiger partial charge in [-0.15, -0.1) is 0 Å².